The van der Waals surface area contributed by atoms with Crippen molar-refractivity contribution in [3.05, 3.63) is 58.6 Å². The summed E-state index contributed by atoms with van der Waals surface area (Å²) >= 11 is 5.97. The molecule has 2 amide bonds. The highest BCUT2D eigenvalue weighted by molar-refractivity contribution is 6.31. The van der Waals surface area contributed by atoms with Crippen LogP contribution in [0.3, 0.4) is 0 Å². The first kappa shape index (κ1) is 23.5. The maximum atomic E-state index is 13.1. The molecule has 9 heteroatoms. The number of amides is 2. The molecule has 0 bridgehead atoms. The maximum Gasteiger partial charge on any atom is 0.418 e. The van der Waals surface area contributed by atoms with Crippen LogP contribution in [0, 0.1) is 6.92 Å². The predicted octanol–water partition coefficient (Wildman–Crippen LogP) is 4.92. The predicted molar refractivity (Wildman–Crippen MR) is 109 cm³/mol. The standard InChI is InChI=1S/C21H22ClF3N2O3/c1-4-27(20(29)14(3)30-15-9-10-17(22)13(2)11-15)12-19(28)26-18-8-6-5-7-16(18)21(23,24)25/h5-11,14H,4,12H2,1-3H3,(H,26,28). The Bertz CT molecular complexity index is 919. The van der Waals surface area contributed by atoms with E-state index in [0.717, 1.165) is 17.7 Å². The van der Waals surface area contributed by atoms with Gasteiger partial charge in [0.15, 0.2) is 6.10 Å². The van der Waals surface area contributed by atoms with Crippen molar-refractivity contribution >= 4 is 29.1 Å². The zero-order chi connectivity index (χ0) is 22.5. The summed E-state index contributed by atoms with van der Waals surface area (Å²) in [6, 6.07) is 9.61. The summed E-state index contributed by atoms with van der Waals surface area (Å²) < 4.78 is 44.9. The zero-order valence-corrected chi connectivity index (χ0v) is 17.5. The number of carbonyl (C=O) groups is 2. The number of hydrogen-bond donors (Lipinski definition) is 1. The van der Waals surface area contributed by atoms with E-state index < -0.39 is 36.2 Å². The molecule has 0 aliphatic carbocycles. The molecule has 0 spiro atoms. The fraction of sp³-hybridized carbons (Fsp3) is 0.333. The number of halogens is 4. The molecule has 0 aliphatic rings. The molecule has 1 atom stereocenters. The van der Waals surface area contributed by atoms with E-state index in [-0.39, 0.29) is 12.2 Å². The molecule has 5 nitrogen and oxygen atoms in total. The first-order valence-corrected chi connectivity index (χ1v) is 9.58. The molecule has 0 heterocycles. The highest BCUT2D eigenvalue weighted by atomic mass is 35.5. The van der Waals surface area contributed by atoms with Crippen LogP contribution in [0.2, 0.25) is 5.02 Å². The Hall–Kier alpha value is -2.74. The number of aryl methyl sites for hydroxylation is 1. The van der Waals surface area contributed by atoms with Crippen LogP contribution < -0.4 is 10.1 Å². The molecular formula is C21H22ClF3N2O3. The quantitative estimate of drug-likeness (QED) is 0.662. The van der Waals surface area contributed by atoms with Crippen LogP contribution in [-0.4, -0.2) is 35.9 Å². The average molecular weight is 443 g/mol. The lowest BCUT2D eigenvalue weighted by Crippen LogP contribution is -2.44. The van der Waals surface area contributed by atoms with Crippen LogP contribution in [0.15, 0.2) is 42.5 Å². The topological polar surface area (TPSA) is 58.6 Å². The van der Waals surface area contributed by atoms with Crippen molar-refractivity contribution in [1.82, 2.24) is 4.90 Å². The van der Waals surface area contributed by atoms with E-state index in [1.165, 1.54) is 24.0 Å². The molecule has 0 saturated heterocycles. The lowest BCUT2D eigenvalue weighted by atomic mass is 10.1. The number of ether oxygens (including phenoxy) is 1. The highest BCUT2D eigenvalue weighted by Gasteiger charge is 2.33. The summed E-state index contributed by atoms with van der Waals surface area (Å²) in [5.74, 6) is -0.766. The van der Waals surface area contributed by atoms with Gasteiger partial charge in [-0.1, -0.05) is 23.7 Å². The third-order valence-electron chi connectivity index (χ3n) is 4.32. The molecule has 2 rings (SSSR count). The molecule has 0 aromatic heterocycles. The van der Waals surface area contributed by atoms with E-state index in [9.17, 15) is 22.8 Å². The number of rotatable bonds is 7. The second kappa shape index (κ2) is 9.84. The third-order valence-corrected chi connectivity index (χ3v) is 4.75. The van der Waals surface area contributed by atoms with Gasteiger partial charge in [-0.2, -0.15) is 13.2 Å². The van der Waals surface area contributed by atoms with E-state index in [2.05, 4.69) is 5.32 Å². The Kier molecular flexibility index (Phi) is 7.72. The molecule has 0 radical (unpaired) electrons. The minimum absolute atomic E-state index is 0.181. The molecule has 2 aromatic rings. The van der Waals surface area contributed by atoms with Gasteiger partial charge in [-0.15, -0.1) is 0 Å². The van der Waals surface area contributed by atoms with Crippen molar-refractivity contribution in [3.63, 3.8) is 0 Å². The molecule has 162 valence electrons. The van der Waals surface area contributed by atoms with Gasteiger partial charge >= 0.3 is 6.18 Å². The number of benzene rings is 2. The van der Waals surface area contributed by atoms with Crippen molar-refractivity contribution in [1.29, 1.82) is 0 Å². The largest absolute Gasteiger partial charge is 0.481 e. The lowest BCUT2D eigenvalue weighted by Gasteiger charge is -2.25. The Morgan fingerprint density at radius 1 is 1.20 bits per heavy atom. The first-order valence-electron chi connectivity index (χ1n) is 9.20. The molecule has 0 saturated carbocycles. The van der Waals surface area contributed by atoms with Crippen LogP contribution in [-0.2, 0) is 15.8 Å². The number of alkyl halides is 3. The SMILES string of the molecule is CCN(CC(=O)Nc1ccccc1C(F)(F)F)C(=O)C(C)Oc1ccc(Cl)c(C)c1. The van der Waals surface area contributed by atoms with E-state index in [4.69, 9.17) is 16.3 Å². The lowest BCUT2D eigenvalue weighted by molar-refractivity contribution is -0.140. The van der Waals surface area contributed by atoms with Crippen molar-refractivity contribution in [2.24, 2.45) is 0 Å². The van der Waals surface area contributed by atoms with E-state index in [1.54, 1.807) is 32.0 Å². The molecule has 1 N–H and O–H groups in total. The summed E-state index contributed by atoms with van der Waals surface area (Å²) in [7, 11) is 0. The molecule has 2 aromatic carbocycles. The van der Waals surface area contributed by atoms with Crippen LogP contribution in [0.25, 0.3) is 0 Å². The fourth-order valence-electron chi connectivity index (χ4n) is 2.75. The number of carbonyl (C=O) groups excluding carboxylic acids is 2. The Morgan fingerprint density at radius 2 is 1.87 bits per heavy atom. The van der Waals surface area contributed by atoms with Crippen LogP contribution in [0.5, 0.6) is 5.75 Å². The normalized spacial score (nSPS) is 12.2. The summed E-state index contributed by atoms with van der Waals surface area (Å²) in [4.78, 5) is 26.2. The average Bonchev–Trinajstić information content (AvgIpc) is 2.68. The smallest absolute Gasteiger partial charge is 0.418 e. The number of anilines is 1. The minimum atomic E-state index is -4.61. The third kappa shape index (κ3) is 6.13. The van der Waals surface area contributed by atoms with E-state index >= 15 is 0 Å². The van der Waals surface area contributed by atoms with Gasteiger partial charge < -0.3 is 15.0 Å². The van der Waals surface area contributed by atoms with Gasteiger partial charge in [0.05, 0.1) is 17.8 Å². The summed E-state index contributed by atoms with van der Waals surface area (Å²) in [6.07, 6.45) is -5.51. The Balaban J connectivity index is 2.04. The van der Waals surface area contributed by atoms with Crippen molar-refractivity contribution in [2.45, 2.75) is 33.1 Å². The fourth-order valence-corrected chi connectivity index (χ4v) is 2.87. The van der Waals surface area contributed by atoms with Crippen LogP contribution in [0.4, 0.5) is 18.9 Å². The number of nitrogens with zero attached hydrogens (tertiary/aromatic N) is 1. The van der Waals surface area contributed by atoms with Gasteiger partial charge in [-0.25, -0.2) is 0 Å². The van der Waals surface area contributed by atoms with Crippen molar-refractivity contribution in [3.8, 4) is 5.75 Å². The van der Waals surface area contributed by atoms with Crippen LogP contribution in [0.1, 0.15) is 25.0 Å². The molecule has 1 unspecified atom stereocenters. The summed E-state index contributed by atoms with van der Waals surface area (Å²) in [5, 5.41) is 2.79. The van der Waals surface area contributed by atoms with Crippen molar-refractivity contribution < 1.29 is 27.5 Å². The number of para-hydroxylation sites is 1. The Morgan fingerprint density at radius 3 is 2.47 bits per heavy atom. The van der Waals surface area contributed by atoms with E-state index in [1.807, 2.05) is 0 Å². The molecular weight excluding hydrogens is 421 g/mol. The monoisotopic (exact) mass is 442 g/mol. The van der Waals surface area contributed by atoms with Crippen LogP contribution >= 0.6 is 11.6 Å². The van der Waals surface area contributed by atoms with Gasteiger partial charge in [0.1, 0.15) is 5.75 Å². The van der Waals surface area contributed by atoms with Gasteiger partial charge in [0.25, 0.3) is 5.91 Å². The highest BCUT2D eigenvalue weighted by Crippen LogP contribution is 2.34. The first-order chi connectivity index (χ1) is 14.0. The molecule has 30 heavy (non-hydrogen) atoms. The minimum Gasteiger partial charge on any atom is -0.481 e. The summed E-state index contributed by atoms with van der Waals surface area (Å²) in [6.45, 7) is 4.76. The van der Waals surface area contributed by atoms with Gasteiger partial charge in [-0.3, -0.25) is 9.59 Å². The second-order valence-corrected chi connectivity index (χ2v) is 7.02. The van der Waals surface area contributed by atoms with Gasteiger partial charge in [-0.05, 0) is 56.7 Å². The maximum absolute atomic E-state index is 13.1. The van der Waals surface area contributed by atoms with Crippen molar-refractivity contribution in [2.75, 3.05) is 18.4 Å². The molecule has 0 fully saturated rings. The van der Waals surface area contributed by atoms with Gasteiger partial charge in [0.2, 0.25) is 5.91 Å². The summed E-state index contributed by atoms with van der Waals surface area (Å²) in [5.41, 5.74) is -0.536. The van der Waals surface area contributed by atoms with Gasteiger partial charge in [0, 0.05) is 11.6 Å². The number of nitrogens with one attached hydrogen (secondary N) is 1. The Labute approximate surface area is 177 Å². The number of likely N-dealkylation sites (N-methyl/N-ethyl adjacent to an activating group) is 1. The van der Waals surface area contributed by atoms with E-state index in [0.29, 0.717) is 10.8 Å². The zero-order valence-electron chi connectivity index (χ0n) is 16.7. The second-order valence-electron chi connectivity index (χ2n) is 6.62. The molecule has 0 aliphatic heterocycles. The number of hydrogen-bond acceptors (Lipinski definition) is 3.